The first-order valence-electron chi connectivity index (χ1n) is 9.51. The Morgan fingerprint density at radius 3 is 1.90 bits per heavy atom. The smallest absolute Gasteiger partial charge is 0.260 e. The molecule has 0 aliphatic carbocycles. The molecule has 154 valence electrons. The Labute approximate surface area is 173 Å². The zero-order chi connectivity index (χ0) is 21.5. The second kappa shape index (κ2) is 9.78. The van der Waals surface area contributed by atoms with Gasteiger partial charge >= 0.3 is 0 Å². The minimum Gasteiger partial charge on any atom is -0.481 e. The number of halogens is 2. The van der Waals surface area contributed by atoms with Gasteiger partial charge in [0.05, 0.1) is 0 Å². The largest absolute Gasteiger partial charge is 0.481 e. The average molecular weight is 409 g/mol. The summed E-state index contributed by atoms with van der Waals surface area (Å²) in [5, 5.41) is 2.78. The molecule has 1 amide bonds. The molecular formula is C24H21F2NO3. The van der Waals surface area contributed by atoms with E-state index in [-0.39, 0.29) is 17.5 Å². The lowest BCUT2D eigenvalue weighted by molar-refractivity contribution is -0.127. The quantitative estimate of drug-likeness (QED) is 0.564. The van der Waals surface area contributed by atoms with E-state index in [4.69, 9.17) is 4.74 Å². The van der Waals surface area contributed by atoms with E-state index in [1.807, 2.05) is 0 Å². The molecule has 0 bridgehead atoms. The average Bonchev–Trinajstić information content (AvgIpc) is 2.75. The SMILES string of the molecule is CC(Oc1ccc(C(=O)c2ccc(F)cc2)cc1)C(=O)NCCc1ccc(F)cc1. The van der Waals surface area contributed by atoms with Gasteiger partial charge in [-0.2, -0.15) is 0 Å². The van der Waals surface area contributed by atoms with Crippen molar-refractivity contribution in [3.05, 3.63) is 101 Å². The number of benzene rings is 3. The zero-order valence-electron chi connectivity index (χ0n) is 16.4. The Kier molecular flexibility index (Phi) is 6.91. The molecule has 1 N–H and O–H groups in total. The molecule has 0 heterocycles. The molecule has 0 saturated carbocycles. The van der Waals surface area contributed by atoms with Crippen LogP contribution < -0.4 is 10.1 Å². The number of hydrogen-bond acceptors (Lipinski definition) is 3. The van der Waals surface area contributed by atoms with E-state index in [2.05, 4.69) is 5.32 Å². The fourth-order valence-electron chi connectivity index (χ4n) is 2.84. The summed E-state index contributed by atoms with van der Waals surface area (Å²) in [6.45, 7) is 2.04. The Bertz CT molecular complexity index is 1000. The molecule has 0 aromatic heterocycles. The first kappa shape index (κ1) is 21.2. The fourth-order valence-corrected chi connectivity index (χ4v) is 2.84. The van der Waals surface area contributed by atoms with Crippen molar-refractivity contribution >= 4 is 11.7 Å². The molecule has 0 spiro atoms. The topological polar surface area (TPSA) is 55.4 Å². The summed E-state index contributed by atoms with van der Waals surface area (Å²) in [5.41, 5.74) is 1.75. The van der Waals surface area contributed by atoms with Crippen molar-refractivity contribution < 1.29 is 23.1 Å². The number of ether oxygens (including phenoxy) is 1. The first-order chi connectivity index (χ1) is 14.4. The van der Waals surface area contributed by atoms with E-state index in [1.165, 1.54) is 36.4 Å². The molecule has 30 heavy (non-hydrogen) atoms. The number of rotatable bonds is 8. The van der Waals surface area contributed by atoms with Crippen molar-refractivity contribution in [2.45, 2.75) is 19.4 Å². The molecule has 3 aromatic carbocycles. The van der Waals surface area contributed by atoms with Crippen LogP contribution in [0.1, 0.15) is 28.4 Å². The molecule has 0 fully saturated rings. The normalized spacial score (nSPS) is 11.6. The van der Waals surface area contributed by atoms with Crippen LogP contribution in [-0.4, -0.2) is 24.3 Å². The minimum absolute atomic E-state index is 0.229. The van der Waals surface area contributed by atoms with E-state index in [1.54, 1.807) is 43.3 Å². The van der Waals surface area contributed by atoms with Gasteiger partial charge in [-0.3, -0.25) is 9.59 Å². The highest BCUT2D eigenvalue weighted by Gasteiger charge is 2.15. The van der Waals surface area contributed by atoms with Crippen LogP contribution in [0.5, 0.6) is 5.75 Å². The van der Waals surface area contributed by atoms with Gasteiger partial charge in [-0.15, -0.1) is 0 Å². The maximum absolute atomic E-state index is 13.0. The van der Waals surface area contributed by atoms with Crippen LogP contribution in [0, 0.1) is 11.6 Å². The van der Waals surface area contributed by atoms with E-state index >= 15 is 0 Å². The van der Waals surface area contributed by atoms with Crippen LogP contribution in [-0.2, 0) is 11.2 Å². The molecule has 0 aliphatic rings. The first-order valence-corrected chi connectivity index (χ1v) is 9.51. The van der Waals surface area contributed by atoms with Gasteiger partial charge in [0.2, 0.25) is 0 Å². The van der Waals surface area contributed by atoms with E-state index in [9.17, 15) is 18.4 Å². The summed E-state index contributed by atoms with van der Waals surface area (Å²) in [5.74, 6) is -0.751. The third-order valence-electron chi connectivity index (χ3n) is 4.53. The third kappa shape index (κ3) is 5.73. The Morgan fingerprint density at radius 2 is 1.33 bits per heavy atom. The van der Waals surface area contributed by atoms with Crippen molar-refractivity contribution in [3.8, 4) is 5.75 Å². The summed E-state index contributed by atoms with van der Waals surface area (Å²) in [7, 11) is 0. The predicted octanol–water partition coefficient (Wildman–Crippen LogP) is 4.32. The molecule has 1 unspecified atom stereocenters. The van der Waals surface area contributed by atoms with Crippen LogP contribution in [0.4, 0.5) is 8.78 Å². The van der Waals surface area contributed by atoms with Crippen molar-refractivity contribution in [2.75, 3.05) is 6.54 Å². The van der Waals surface area contributed by atoms with Gasteiger partial charge in [-0.1, -0.05) is 12.1 Å². The number of carbonyl (C=O) groups is 2. The summed E-state index contributed by atoms with van der Waals surface area (Å²) >= 11 is 0. The molecule has 6 heteroatoms. The van der Waals surface area contributed by atoms with Gasteiger partial charge in [0.1, 0.15) is 17.4 Å². The van der Waals surface area contributed by atoms with Crippen molar-refractivity contribution in [1.82, 2.24) is 5.32 Å². The number of hydrogen-bond donors (Lipinski definition) is 1. The van der Waals surface area contributed by atoms with Crippen LogP contribution in [0.3, 0.4) is 0 Å². The number of amides is 1. The van der Waals surface area contributed by atoms with Crippen molar-refractivity contribution in [1.29, 1.82) is 0 Å². The van der Waals surface area contributed by atoms with Crippen LogP contribution in [0.2, 0.25) is 0 Å². The number of nitrogens with one attached hydrogen (secondary N) is 1. The second-order valence-corrected chi connectivity index (χ2v) is 6.79. The summed E-state index contributed by atoms with van der Waals surface area (Å²) in [6.07, 6.45) is -0.143. The molecule has 0 aliphatic heterocycles. The van der Waals surface area contributed by atoms with E-state index < -0.39 is 11.9 Å². The molecular weight excluding hydrogens is 388 g/mol. The molecule has 0 saturated heterocycles. The van der Waals surface area contributed by atoms with Crippen LogP contribution >= 0.6 is 0 Å². The van der Waals surface area contributed by atoms with Gasteiger partial charge in [0, 0.05) is 17.7 Å². The second-order valence-electron chi connectivity index (χ2n) is 6.79. The van der Waals surface area contributed by atoms with Gasteiger partial charge in [-0.25, -0.2) is 8.78 Å². The third-order valence-corrected chi connectivity index (χ3v) is 4.53. The Hall–Kier alpha value is -3.54. The molecule has 4 nitrogen and oxygen atoms in total. The maximum atomic E-state index is 13.0. The fraction of sp³-hybridized carbons (Fsp3) is 0.167. The summed E-state index contributed by atoms with van der Waals surface area (Å²) < 4.78 is 31.5. The summed E-state index contributed by atoms with van der Waals surface area (Å²) in [6, 6.07) is 17.9. The van der Waals surface area contributed by atoms with Crippen molar-refractivity contribution in [3.63, 3.8) is 0 Å². The molecule has 1 atom stereocenters. The molecule has 0 radical (unpaired) electrons. The highest BCUT2D eigenvalue weighted by atomic mass is 19.1. The van der Waals surface area contributed by atoms with Gasteiger partial charge in [0.25, 0.3) is 5.91 Å². The highest BCUT2D eigenvalue weighted by molar-refractivity contribution is 6.09. The van der Waals surface area contributed by atoms with Crippen molar-refractivity contribution in [2.24, 2.45) is 0 Å². The van der Waals surface area contributed by atoms with E-state index in [0.29, 0.717) is 29.8 Å². The lowest BCUT2D eigenvalue weighted by Gasteiger charge is -2.15. The lowest BCUT2D eigenvalue weighted by atomic mass is 10.0. The monoisotopic (exact) mass is 409 g/mol. The minimum atomic E-state index is -0.725. The zero-order valence-corrected chi connectivity index (χ0v) is 16.4. The van der Waals surface area contributed by atoms with Crippen LogP contribution in [0.25, 0.3) is 0 Å². The van der Waals surface area contributed by atoms with E-state index in [0.717, 1.165) is 5.56 Å². The van der Waals surface area contributed by atoms with Gasteiger partial charge < -0.3 is 10.1 Å². The number of ketones is 1. The van der Waals surface area contributed by atoms with Gasteiger partial charge in [0.15, 0.2) is 11.9 Å². The Morgan fingerprint density at radius 1 is 0.833 bits per heavy atom. The van der Waals surface area contributed by atoms with Gasteiger partial charge in [-0.05, 0) is 79.6 Å². The lowest BCUT2D eigenvalue weighted by Crippen LogP contribution is -2.37. The van der Waals surface area contributed by atoms with Crippen LogP contribution in [0.15, 0.2) is 72.8 Å². The molecule has 3 aromatic rings. The predicted molar refractivity (Wildman–Crippen MR) is 109 cm³/mol. The Balaban J connectivity index is 1.50. The highest BCUT2D eigenvalue weighted by Crippen LogP contribution is 2.17. The standard InChI is InChI=1S/C24H21F2NO3/c1-16(24(29)27-15-14-17-2-8-20(25)9-3-17)30-22-12-6-19(7-13-22)23(28)18-4-10-21(26)11-5-18/h2-13,16H,14-15H2,1H3,(H,27,29). The maximum Gasteiger partial charge on any atom is 0.260 e. The summed E-state index contributed by atoms with van der Waals surface area (Å²) in [4.78, 5) is 24.6. The number of carbonyl (C=O) groups excluding carboxylic acids is 2. The molecule has 3 rings (SSSR count).